The van der Waals surface area contributed by atoms with Crippen molar-refractivity contribution in [1.29, 1.82) is 0 Å². The normalized spacial score (nSPS) is 12.9. The maximum atomic E-state index is 11.4. The third-order valence-corrected chi connectivity index (χ3v) is 2.48. The first-order valence-electron chi connectivity index (χ1n) is 5.69. The number of rotatable bonds is 6. The summed E-state index contributed by atoms with van der Waals surface area (Å²) in [5.74, 6) is 4.40. The molecule has 0 aliphatic carbocycles. The molecule has 0 aliphatic heterocycles. The van der Waals surface area contributed by atoms with Crippen LogP contribution < -0.4 is 10.6 Å². The molecular weight excluding hydrogens is 220 g/mol. The van der Waals surface area contributed by atoms with Crippen LogP contribution in [0.2, 0.25) is 0 Å². The highest BCUT2D eigenvalue weighted by Gasteiger charge is 2.24. The monoisotopic (exact) mass is 240 g/mol. The molecule has 0 bridgehead atoms. The highest BCUT2D eigenvalue weighted by atomic mass is 16.4. The summed E-state index contributed by atoms with van der Waals surface area (Å²) < 4.78 is 0. The van der Waals surface area contributed by atoms with Crippen molar-refractivity contribution in [2.45, 2.75) is 39.7 Å². The highest BCUT2D eigenvalue weighted by molar-refractivity contribution is 5.82. The van der Waals surface area contributed by atoms with Crippen molar-refractivity contribution in [3.05, 3.63) is 0 Å². The molecule has 0 rings (SSSR count). The molecule has 2 amide bonds. The standard InChI is InChI=1S/C12H20N2O3/c1-4-6-7-8-13-12(17)14-10(11(15)16)9(3)5-2/h9-10H,5,7-8H2,1-3H3,(H,15,16)(H2,13,14,17)/t9?,10-/m0/s1. The molecule has 1 unspecified atom stereocenters. The molecule has 5 heteroatoms. The van der Waals surface area contributed by atoms with Crippen LogP contribution in [-0.4, -0.2) is 29.7 Å². The molecular formula is C12H20N2O3. The maximum absolute atomic E-state index is 11.4. The smallest absolute Gasteiger partial charge is 0.326 e. The molecule has 0 aliphatic rings. The third-order valence-electron chi connectivity index (χ3n) is 2.48. The van der Waals surface area contributed by atoms with Gasteiger partial charge in [0.05, 0.1) is 0 Å². The van der Waals surface area contributed by atoms with Gasteiger partial charge in [-0.15, -0.1) is 11.8 Å². The lowest BCUT2D eigenvalue weighted by atomic mass is 9.99. The highest BCUT2D eigenvalue weighted by Crippen LogP contribution is 2.07. The van der Waals surface area contributed by atoms with Crippen molar-refractivity contribution in [3.8, 4) is 11.8 Å². The summed E-state index contributed by atoms with van der Waals surface area (Å²) in [5, 5.41) is 14.0. The Morgan fingerprint density at radius 3 is 2.53 bits per heavy atom. The second-order valence-electron chi connectivity index (χ2n) is 3.78. The number of hydrogen-bond acceptors (Lipinski definition) is 2. The van der Waals surface area contributed by atoms with Gasteiger partial charge in [-0.05, 0) is 12.8 Å². The molecule has 0 saturated heterocycles. The Morgan fingerprint density at radius 1 is 1.41 bits per heavy atom. The van der Waals surface area contributed by atoms with Gasteiger partial charge in [-0.3, -0.25) is 0 Å². The minimum Gasteiger partial charge on any atom is -0.480 e. The van der Waals surface area contributed by atoms with E-state index in [4.69, 9.17) is 5.11 Å². The first-order valence-corrected chi connectivity index (χ1v) is 5.69. The Morgan fingerprint density at radius 2 is 2.06 bits per heavy atom. The maximum Gasteiger partial charge on any atom is 0.326 e. The number of carbonyl (C=O) groups excluding carboxylic acids is 1. The predicted molar refractivity (Wildman–Crippen MR) is 65.5 cm³/mol. The number of carbonyl (C=O) groups is 2. The summed E-state index contributed by atoms with van der Waals surface area (Å²) in [6.45, 7) is 5.82. The molecule has 3 N–H and O–H groups in total. The number of carboxylic acid groups (broad SMARTS) is 1. The number of hydrogen-bond donors (Lipinski definition) is 3. The first-order chi connectivity index (χ1) is 8.02. The van der Waals surface area contributed by atoms with Crippen molar-refractivity contribution in [2.75, 3.05) is 6.54 Å². The zero-order valence-corrected chi connectivity index (χ0v) is 10.5. The van der Waals surface area contributed by atoms with Gasteiger partial charge >= 0.3 is 12.0 Å². The van der Waals surface area contributed by atoms with E-state index in [0.29, 0.717) is 19.4 Å². The van der Waals surface area contributed by atoms with Gasteiger partial charge in [0.1, 0.15) is 6.04 Å². The van der Waals surface area contributed by atoms with Crippen LogP contribution in [0.15, 0.2) is 0 Å². The number of carboxylic acids is 1. The Kier molecular flexibility index (Phi) is 7.61. The van der Waals surface area contributed by atoms with Crippen LogP contribution in [0.3, 0.4) is 0 Å². The minimum atomic E-state index is -1.01. The second-order valence-corrected chi connectivity index (χ2v) is 3.78. The van der Waals surface area contributed by atoms with Gasteiger partial charge in [-0.1, -0.05) is 20.3 Å². The van der Waals surface area contributed by atoms with Crippen LogP contribution in [-0.2, 0) is 4.79 Å². The van der Waals surface area contributed by atoms with Gasteiger partial charge in [0.15, 0.2) is 0 Å². The SMILES string of the molecule is CC#CCCNC(=O)N[C@H](C(=O)O)C(C)CC. The van der Waals surface area contributed by atoms with Crippen LogP contribution in [0.5, 0.6) is 0 Å². The second kappa shape index (κ2) is 8.45. The summed E-state index contributed by atoms with van der Waals surface area (Å²) >= 11 is 0. The molecule has 0 spiro atoms. The van der Waals surface area contributed by atoms with E-state index in [-0.39, 0.29) is 5.92 Å². The van der Waals surface area contributed by atoms with Crippen LogP contribution in [0, 0.1) is 17.8 Å². The van der Waals surface area contributed by atoms with E-state index in [9.17, 15) is 9.59 Å². The lowest BCUT2D eigenvalue weighted by Crippen LogP contribution is -2.49. The van der Waals surface area contributed by atoms with Gasteiger partial charge in [-0.25, -0.2) is 9.59 Å². The number of aliphatic carboxylic acids is 1. The van der Waals surface area contributed by atoms with E-state index < -0.39 is 18.0 Å². The molecule has 0 heterocycles. The Labute approximate surface area is 102 Å². The van der Waals surface area contributed by atoms with Gasteiger partial charge < -0.3 is 15.7 Å². The average Bonchev–Trinajstić information content (AvgIpc) is 2.30. The van der Waals surface area contributed by atoms with E-state index in [1.54, 1.807) is 13.8 Å². The minimum absolute atomic E-state index is 0.103. The Balaban J connectivity index is 4.12. The zero-order valence-electron chi connectivity index (χ0n) is 10.5. The molecule has 0 aromatic heterocycles. The van der Waals surface area contributed by atoms with Crippen LogP contribution >= 0.6 is 0 Å². The van der Waals surface area contributed by atoms with E-state index in [0.717, 1.165) is 0 Å². The fourth-order valence-electron chi connectivity index (χ4n) is 1.24. The van der Waals surface area contributed by atoms with Gasteiger partial charge in [0, 0.05) is 13.0 Å². The Hall–Kier alpha value is -1.70. The summed E-state index contributed by atoms with van der Waals surface area (Å²) in [5.41, 5.74) is 0. The number of nitrogens with one attached hydrogen (secondary N) is 2. The largest absolute Gasteiger partial charge is 0.480 e. The summed E-state index contributed by atoms with van der Waals surface area (Å²) in [6.07, 6.45) is 1.25. The molecule has 0 radical (unpaired) electrons. The van der Waals surface area contributed by atoms with Crippen LogP contribution in [0.25, 0.3) is 0 Å². The van der Waals surface area contributed by atoms with E-state index >= 15 is 0 Å². The van der Waals surface area contributed by atoms with Crippen molar-refractivity contribution < 1.29 is 14.7 Å². The molecule has 17 heavy (non-hydrogen) atoms. The lowest BCUT2D eigenvalue weighted by Gasteiger charge is -2.20. The van der Waals surface area contributed by atoms with Gasteiger partial charge in [0.25, 0.3) is 0 Å². The van der Waals surface area contributed by atoms with E-state index in [1.807, 2.05) is 6.92 Å². The van der Waals surface area contributed by atoms with Gasteiger partial charge in [-0.2, -0.15) is 0 Å². The van der Waals surface area contributed by atoms with Crippen molar-refractivity contribution in [2.24, 2.45) is 5.92 Å². The van der Waals surface area contributed by atoms with Crippen molar-refractivity contribution in [3.63, 3.8) is 0 Å². The topological polar surface area (TPSA) is 78.4 Å². The number of urea groups is 1. The van der Waals surface area contributed by atoms with E-state index in [2.05, 4.69) is 22.5 Å². The molecule has 0 fully saturated rings. The quantitative estimate of drug-likeness (QED) is 0.482. The molecule has 2 atom stereocenters. The molecule has 0 aromatic rings. The molecule has 96 valence electrons. The summed E-state index contributed by atoms with van der Waals surface area (Å²) in [4.78, 5) is 22.4. The fraction of sp³-hybridized carbons (Fsp3) is 0.667. The molecule has 0 saturated carbocycles. The third kappa shape index (κ3) is 6.46. The van der Waals surface area contributed by atoms with Crippen LogP contribution in [0.1, 0.15) is 33.6 Å². The molecule has 5 nitrogen and oxygen atoms in total. The summed E-state index contributed by atoms with van der Waals surface area (Å²) in [7, 11) is 0. The lowest BCUT2D eigenvalue weighted by molar-refractivity contribution is -0.140. The zero-order chi connectivity index (χ0) is 13.3. The Bertz CT molecular complexity index is 317. The molecule has 0 aromatic carbocycles. The van der Waals surface area contributed by atoms with E-state index in [1.165, 1.54) is 0 Å². The predicted octanol–water partition coefficient (Wildman–Crippen LogP) is 1.20. The summed E-state index contributed by atoms with van der Waals surface area (Å²) in [6, 6.07) is -1.31. The fourth-order valence-corrected chi connectivity index (χ4v) is 1.24. The van der Waals surface area contributed by atoms with Crippen LogP contribution in [0.4, 0.5) is 4.79 Å². The number of amides is 2. The van der Waals surface area contributed by atoms with Gasteiger partial charge in [0.2, 0.25) is 0 Å². The van der Waals surface area contributed by atoms with Crippen molar-refractivity contribution in [1.82, 2.24) is 10.6 Å². The average molecular weight is 240 g/mol. The van der Waals surface area contributed by atoms with Crippen molar-refractivity contribution >= 4 is 12.0 Å². The first kappa shape index (κ1) is 15.3.